The molecule has 4 aromatic rings. The normalized spacial score (nSPS) is 15.7. The zero-order chi connectivity index (χ0) is 22.2. The van der Waals surface area contributed by atoms with Gasteiger partial charge in [0.05, 0.1) is 36.2 Å². The molecule has 2 aromatic carbocycles. The van der Waals surface area contributed by atoms with E-state index in [1.807, 2.05) is 48.5 Å². The molecule has 0 fully saturated rings. The van der Waals surface area contributed by atoms with Crippen molar-refractivity contribution in [1.82, 2.24) is 14.6 Å². The van der Waals surface area contributed by atoms with Gasteiger partial charge in [0.25, 0.3) is 0 Å². The van der Waals surface area contributed by atoms with E-state index in [0.29, 0.717) is 35.7 Å². The summed E-state index contributed by atoms with van der Waals surface area (Å²) >= 11 is 6.25. The first-order chi connectivity index (χ1) is 15.6. The van der Waals surface area contributed by atoms with Gasteiger partial charge in [-0.3, -0.25) is 4.79 Å². The van der Waals surface area contributed by atoms with Crippen LogP contribution in [0.15, 0.2) is 54.7 Å². The lowest BCUT2D eigenvalue weighted by Crippen LogP contribution is -2.21. The lowest BCUT2D eigenvalue weighted by molar-refractivity contribution is 0.0962. The number of halogens is 1. The van der Waals surface area contributed by atoms with Crippen molar-refractivity contribution in [2.45, 2.75) is 25.4 Å². The lowest BCUT2D eigenvalue weighted by atomic mass is 9.82. The van der Waals surface area contributed by atoms with Gasteiger partial charge in [0.1, 0.15) is 5.75 Å². The highest BCUT2D eigenvalue weighted by molar-refractivity contribution is 6.30. The molecule has 0 saturated heterocycles. The molecule has 5 rings (SSSR count). The number of hydrogen-bond donors (Lipinski definition) is 0. The van der Waals surface area contributed by atoms with Crippen LogP contribution in [0.3, 0.4) is 0 Å². The quantitative estimate of drug-likeness (QED) is 0.425. The Labute approximate surface area is 190 Å². The molecule has 1 aliphatic rings. The molecule has 0 aliphatic heterocycles. The molecule has 2 heterocycles. The largest absolute Gasteiger partial charge is 0.497 e. The van der Waals surface area contributed by atoms with Gasteiger partial charge < -0.3 is 9.47 Å². The summed E-state index contributed by atoms with van der Waals surface area (Å²) in [5.41, 5.74) is 5.77. The second kappa shape index (κ2) is 8.37. The predicted molar refractivity (Wildman–Crippen MR) is 123 cm³/mol. The summed E-state index contributed by atoms with van der Waals surface area (Å²) in [6.07, 6.45) is 2.93. The third-order valence-corrected chi connectivity index (χ3v) is 6.15. The first-order valence-electron chi connectivity index (χ1n) is 10.4. The topological polar surface area (TPSA) is 65.7 Å². The average Bonchev–Trinajstić information content (AvgIpc) is 3.15. The van der Waals surface area contributed by atoms with E-state index in [1.165, 1.54) is 0 Å². The van der Waals surface area contributed by atoms with Crippen molar-refractivity contribution in [2.75, 3.05) is 14.2 Å². The Morgan fingerprint density at radius 2 is 1.94 bits per heavy atom. The van der Waals surface area contributed by atoms with Crippen LogP contribution in [0.5, 0.6) is 5.75 Å². The first kappa shape index (κ1) is 20.7. The summed E-state index contributed by atoms with van der Waals surface area (Å²) in [6.45, 7) is 0.332. The monoisotopic (exact) mass is 447 g/mol. The van der Waals surface area contributed by atoms with Gasteiger partial charge in [0.2, 0.25) is 0 Å². The molecular formula is C25H22ClN3O3. The number of nitrogens with zero attached hydrogens (tertiary/aromatic N) is 3. The molecule has 1 atom stereocenters. The molecule has 0 saturated carbocycles. The Hall–Kier alpha value is -3.22. The maximum atomic E-state index is 13.0. The third kappa shape index (κ3) is 3.66. The molecular weight excluding hydrogens is 426 g/mol. The Kier molecular flexibility index (Phi) is 5.41. The van der Waals surface area contributed by atoms with Crippen molar-refractivity contribution >= 4 is 23.0 Å². The van der Waals surface area contributed by atoms with Gasteiger partial charge in [-0.1, -0.05) is 35.9 Å². The van der Waals surface area contributed by atoms with Crippen molar-refractivity contribution in [3.63, 3.8) is 0 Å². The fourth-order valence-electron chi connectivity index (χ4n) is 4.37. The van der Waals surface area contributed by atoms with Gasteiger partial charge in [0.15, 0.2) is 11.4 Å². The Morgan fingerprint density at radius 3 is 2.66 bits per heavy atom. The van der Waals surface area contributed by atoms with E-state index < -0.39 is 0 Å². The Balaban J connectivity index is 1.62. The van der Waals surface area contributed by atoms with Crippen LogP contribution >= 0.6 is 11.6 Å². The molecule has 0 spiro atoms. The summed E-state index contributed by atoms with van der Waals surface area (Å²) in [5.74, 6) is 0.952. The number of ether oxygens (including phenoxy) is 2. The highest BCUT2D eigenvalue weighted by atomic mass is 35.5. The van der Waals surface area contributed by atoms with Crippen LogP contribution in [-0.4, -0.2) is 34.6 Å². The van der Waals surface area contributed by atoms with E-state index in [1.54, 1.807) is 24.9 Å². The Bertz CT molecular complexity index is 1310. The van der Waals surface area contributed by atoms with Crippen LogP contribution in [0.25, 0.3) is 16.8 Å². The fraction of sp³-hybridized carbons (Fsp3) is 0.240. The van der Waals surface area contributed by atoms with Gasteiger partial charge in [-0.05, 0) is 47.7 Å². The number of carbonyl (C=O) groups excluding carboxylic acids is 1. The molecule has 1 aliphatic carbocycles. The van der Waals surface area contributed by atoms with E-state index in [9.17, 15) is 4.79 Å². The molecule has 0 radical (unpaired) electrons. The number of rotatable bonds is 5. The number of methoxy groups -OCH3 is 2. The second-order valence-electron chi connectivity index (χ2n) is 7.94. The smallest absolute Gasteiger partial charge is 0.166 e. The fourth-order valence-corrected chi connectivity index (χ4v) is 4.56. The summed E-state index contributed by atoms with van der Waals surface area (Å²) in [7, 11) is 3.28. The summed E-state index contributed by atoms with van der Waals surface area (Å²) in [5, 5.41) is 5.30. The van der Waals surface area contributed by atoms with Crippen molar-refractivity contribution < 1.29 is 14.3 Å². The van der Waals surface area contributed by atoms with Crippen LogP contribution in [0, 0.1) is 0 Å². The standard InChI is InChI=1S/C25H22ClN3O3/c1-31-14-22-24(16-4-3-5-18(26)10-16)25-27-21-11-17(15-6-8-19(32-2)9-7-15)12-23(30)20(21)13-29(25)28-22/h3-10,13,17H,11-12,14H2,1-2H3. The van der Waals surface area contributed by atoms with Crippen LogP contribution in [0.4, 0.5) is 0 Å². The van der Waals surface area contributed by atoms with E-state index in [0.717, 1.165) is 33.8 Å². The van der Waals surface area contributed by atoms with Gasteiger partial charge in [-0.15, -0.1) is 0 Å². The van der Waals surface area contributed by atoms with E-state index in [4.69, 9.17) is 26.1 Å². The molecule has 6 nitrogen and oxygen atoms in total. The number of aromatic nitrogens is 3. The Morgan fingerprint density at radius 1 is 1.12 bits per heavy atom. The third-order valence-electron chi connectivity index (χ3n) is 5.91. The van der Waals surface area contributed by atoms with E-state index in [2.05, 4.69) is 5.10 Å². The minimum atomic E-state index is 0.0758. The summed E-state index contributed by atoms with van der Waals surface area (Å²) in [4.78, 5) is 18.0. The minimum Gasteiger partial charge on any atom is -0.497 e. The molecule has 0 bridgehead atoms. The van der Waals surface area contributed by atoms with E-state index >= 15 is 0 Å². The highest BCUT2D eigenvalue weighted by Crippen LogP contribution is 2.35. The maximum absolute atomic E-state index is 13.0. The SMILES string of the molecule is COCc1nn2cc3c(nc2c1-c1cccc(Cl)c1)CC(c1ccc(OC)cc1)CC3=O. The molecule has 32 heavy (non-hydrogen) atoms. The average molecular weight is 448 g/mol. The molecule has 0 N–H and O–H groups in total. The zero-order valence-corrected chi connectivity index (χ0v) is 18.6. The van der Waals surface area contributed by atoms with Crippen LogP contribution in [-0.2, 0) is 17.8 Å². The van der Waals surface area contributed by atoms with Gasteiger partial charge >= 0.3 is 0 Å². The van der Waals surface area contributed by atoms with Crippen molar-refractivity contribution in [1.29, 1.82) is 0 Å². The second-order valence-corrected chi connectivity index (χ2v) is 8.37. The highest BCUT2D eigenvalue weighted by Gasteiger charge is 2.29. The van der Waals surface area contributed by atoms with E-state index in [-0.39, 0.29) is 11.7 Å². The zero-order valence-electron chi connectivity index (χ0n) is 17.8. The molecule has 0 amide bonds. The molecule has 7 heteroatoms. The maximum Gasteiger partial charge on any atom is 0.166 e. The molecule has 2 aromatic heterocycles. The molecule has 1 unspecified atom stereocenters. The number of carbonyl (C=O) groups is 1. The van der Waals surface area contributed by atoms with Crippen molar-refractivity contribution in [3.8, 4) is 16.9 Å². The summed E-state index contributed by atoms with van der Waals surface area (Å²) in [6, 6.07) is 15.5. The first-order valence-corrected chi connectivity index (χ1v) is 10.8. The summed E-state index contributed by atoms with van der Waals surface area (Å²) < 4.78 is 12.3. The minimum absolute atomic E-state index is 0.0758. The molecule has 162 valence electrons. The number of ketones is 1. The van der Waals surface area contributed by atoms with Gasteiger partial charge in [-0.2, -0.15) is 5.10 Å². The lowest BCUT2D eigenvalue weighted by Gasteiger charge is -2.23. The van der Waals surface area contributed by atoms with Gasteiger partial charge in [-0.25, -0.2) is 9.50 Å². The number of fused-ring (bicyclic) bond motifs is 2. The van der Waals surface area contributed by atoms with Crippen molar-refractivity contribution in [3.05, 3.63) is 82.3 Å². The van der Waals surface area contributed by atoms with Crippen molar-refractivity contribution in [2.24, 2.45) is 0 Å². The number of Topliss-reactive ketones (excluding diaryl/α,β-unsaturated/α-hetero) is 1. The van der Waals surface area contributed by atoms with Gasteiger partial charge in [0, 0.05) is 24.8 Å². The number of benzene rings is 2. The van der Waals surface area contributed by atoms with Crippen LogP contribution < -0.4 is 4.74 Å². The predicted octanol–water partition coefficient (Wildman–Crippen LogP) is 5.12. The van der Waals surface area contributed by atoms with Crippen LogP contribution in [0.2, 0.25) is 5.02 Å². The number of hydrogen-bond acceptors (Lipinski definition) is 5. The van der Waals surface area contributed by atoms with Crippen LogP contribution in [0.1, 0.15) is 39.6 Å².